The van der Waals surface area contributed by atoms with Crippen molar-refractivity contribution in [3.05, 3.63) is 0 Å². The van der Waals surface area contributed by atoms with Gasteiger partial charge in [-0.05, 0) is 270 Å². The van der Waals surface area contributed by atoms with Gasteiger partial charge < -0.3 is 59.1 Å². The summed E-state index contributed by atoms with van der Waals surface area (Å²) < 4.78 is 34.8. The standard InChI is InChI=1S/C30H46O8.C27H40O8.C24H40O5/c1-16(7-10-27(34)35)22-8-9-23-28-24(15-26(30(22,23)6)38-19(4)33)29(5)12-11-21(36-17(2)31)13-20(29)14-25(28)37-18(3)32;1-16(4-7-24(31)32)19-5-6-20-25-21(12-23(35-15-30)27(19,20)3)26(2)9-8-18(33-13-28)10-17(26)11-22(25)34-14-29;1-13(4-7-21(28)29)16-5-6-17-22-18(12-20(27)24(16,17)3)23(2)9-8-15(25)10-14(23)11-19(22)26/h16,20-26,28H,7-15H2,1-6H3,(H,34,35);13-23,25H,4-12H2,1-3H3,(H,31,32);13-20,22,25-27H,4-12H2,1-3H3,(H,28,29)/t16-,20+,21-,22?,23+,24+,25-,26+,28+,29+,30-;16-,17+,18-,19?,20+,21+,22-,23+,25+,26+,27-;13-,14+,15-,16?,17+,18+,19-,20+,22+,23+,24-/m111/s1. The van der Waals surface area contributed by atoms with E-state index in [1.54, 1.807) is 0 Å². The molecule has 6 N–H and O–H groups in total. The maximum absolute atomic E-state index is 12.4. The van der Waals surface area contributed by atoms with Gasteiger partial charge in [0, 0.05) is 62.7 Å². The van der Waals surface area contributed by atoms with Crippen LogP contribution >= 0.6 is 0 Å². The predicted molar refractivity (Wildman–Crippen MR) is 374 cm³/mol. The fraction of sp³-hybridized carbons (Fsp3) is 0.889. The van der Waals surface area contributed by atoms with Crippen LogP contribution in [0.1, 0.15) is 256 Å². The number of hydrogen-bond acceptors (Lipinski definition) is 18. The topological polar surface area (TPSA) is 330 Å². The number of hydrogen-bond donors (Lipinski definition) is 6. The summed E-state index contributed by atoms with van der Waals surface area (Å²) in [6, 6.07) is 0. The lowest BCUT2D eigenvalue weighted by Gasteiger charge is -2.64. The van der Waals surface area contributed by atoms with E-state index in [1.165, 1.54) is 20.8 Å². The molecule has 12 saturated carbocycles. The Balaban J connectivity index is 0.000000166. The number of ether oxygens (including phenoxy) is 6. The van der Waals surface area contributed by atoms with Crippen molar-refractivity contribution >= 4 is 55.2 Å². The van der Waals surface area contributed by atoms with Crippen molar-refractivity contribution in [3.8, 4) is 0 Å². The first-order valence-electron chi connectivity index (χ1n) is 39.5. The minimum atomic E-state index is -0.791. The zero-order valence-corrected chi connectivity index (χ0v) is 63.2. The second-order valence-corrected chi connectivity index (χ2v) is 36.7. The molecule has 0 amide bonds. The lowest BCUT2D eigenvalue weighted by atomic mass is 9.43. The molecule has 12 aliphatic carbocycles. The Bertz CT molecular complexity index is 3010. The third-order valence-corrected chi connectivity index (χ3v) is 32.5. The van der Waals surface area contributed by atoms with Crippen LogP contribution in [0.3, 0.4) is 0 Å². The van der Waals surface area contributed by atoms with E-state index in [0.29, 0.717) is 75.2 Å². The predicted octanol–water partition coefficient (Wildman–Crippen LogP) is 12.6. The van der Waals surface area contributed by atoms with Gasteiger partial charge in [0.15, 0.2) is 0 Å². The number of carbonyl (C=O) groups is 9. The van der Waals surface area contributed by atoms with Crippen molar-refractivity contribution in [2.45, 2.75) is 311 Å². The van der Waals surface area contributed by atoms with E-state index in [4.69, 9.17) is 33.5 Å². The van der Waals surface area contributed by atoms with Crippen LogP contribution in [-0.4, -0.2) is 141 Å². The maximum atomic E-state index is 12.4. The molecule has 12 fully saturated rings. The van der Waals surface area contributed by atoms with Gasteiger partial charge in [0.05, 0.1) is 18.3 Å². The van der Waals surface area contributed by atoms with Crippen LogP contribution in [-0.2, 0) is 71.6 Å². The van der Waals surface area contributed by atoms with Crippen molar-refractivity contribution in [1.29, 1.82) is 0 Å². The third kappa shape index (κ3) is 14.9. The lowest BCUT2D eigenvalue weighted by Crippen LogP contribution is -2.63. The van der Waals surface area contributed by atoms with Crippen LogP contribution in [0.5, 0.6) is 0 Å². The van der Waals surface area contributed by atoms with Gasteiger partial charge in [-0.25, -0.2) is 0 Å². The first-order valence-corrected chi connectivity index (χ1v) is 39.5. The first-order chi connectivity index (χ1) is 48.1. The molecule has 33 atom stereocenters. The Morgan fingerprint density at radius 3 is 1.28 bits per heavy atom. The summed E-state index contributed by atoms with van der Waals surface area (Å²) in [7, 11) is 0. The molecule has 0 aromatic rings. The van der Waals surface area contributed by atoms with E-state index >= 15 is 0 Å². The summed E-state index contributed by atoms with van der Waals surface area (Å²) in [4.78, 5) is 104. The molecule has 0 aliphatic heterocycles. The molecule has 0 saturated heterocycles. The average Bonchev–Trinajstić information content (AvgIpc) is 1.40. The fourth-order valence-electron chi connectivity index (χ4n) is 27.7. The Morgan fingerprint density at radius 1 is 0.402 bits per heavy atom. The number of aliphatic hydroxyl groups excluding tert-OH is 3. The zero-order valence-electron chi connectivity index (χ0n) is 63.2. The number of carbonyl (C=O) groups excluding carboxylic acids is 6. The zero-order chi connectivity index (χ0) is 74.5. The molecule has 576 valence electrons. The average molecular weight is 1440 g/mol. The molecule has 12 aliphatic rings. The number of fused-ring (bicyclic) bond motifs is 15. The number of aliphatic carboxylic acids is 3. The molecule has 21 nitrogen and oxygen atoms in total. The van der Waals surface area contributed by atoms with Crippen molar-refractivity contribution in [3.63, 3.8) is 0 Å². The highest BCUT2D eigenvalue weighted by Gasteiger charge is 2.71. The van der Waals surface area contributed by atoms with Crippen molar-refractivity contribution in [2.24, 2.45) is 139 Å². The maximum Gasteiger partial charge on any atom is 0.303 e. The van der Waals surface area contributed by atoms with Gasteiger partial charge >= 0.3 is 35.8 Å². The molecule has 0 bridgehead atoms. The summed E-state index contributed by atoms with van der Waals surface area (Å²) in [6.07, 6.45) is 17.9. The molecule has 21 heteroatoms. The molecule has 102 heavy (non-hydrogen) atoms. The van der Waals surface area contributed by atoms with Gasteiger partial charge in [-0.2, -0.15) is 0 Å². The summed E-state index contributed by atoms with van der Waals surface area (Å²) in [6.45, 7) is 26.2. The van der Waals surface area contributed by atoms with Gasteiger partial charge in [-0.3, -0.25) is 43.2 Å². The minimum Gasteiger partial charge on any atom is -0.481 e. The smallest absolute Gasteiger partial charge is 0.303 e. The second kappa shape index (κ2) is 31.5. The lowest BCUT2D eigenvalue weighted by molar-refractivity contribution is -0.224. The Morgan fingerprint density at radius 2 is 0.804 bits per heavy atom. The number of rotatable bonds is 21. The highest BCUT2D eigenvalue weighted by molar-refractivity contribution is 5.68. The highest BCUT2D eigenvalue weighted by atomic mass is 16.6. The summed E-state index contributed by atoms with van der Waals surface area (Å²) in [5, 5.41) is 60.6. The Hall–Kier alpha value is -4.89. The van der Waals surface area contributed by atoms with Crippen LogP contribution in [0.15, 0.2) is 0 Å². The minimum absolute atomic E-state index is 0.0189. The molecule has 3 unspecified atom stereocenters. The Labute approximate surface area is 605 Å². The van der Waals surface area contributed by atoms with Crippen molar-refractivity contribution < 1.29 is 102 Å². The molecule has 0 spiro atoms. The summed E-state index contributed by atoms with van der Waals surface area (Å²) >= 11 is 0. The van der Waals surface area contributed by atoms with Gasteiger partial charge in [0.1, 0.15) is 36.6 Å². The van der Waals surface area contributed by atoms with Crippen LogP contribution in [0, 0.1) is 139 Å². The van der Waals surface area contributed by atoms with E-state index in [9.17, 15) is 68.7 Å². The third-order valence-electron chi connectivity index (χ3n) is 32.5. The summed E-state index contributed by atoms with van der Waals surface area (Å²) in [5.74, 6) is 1.06. The Kier molecular flexibility index (Phi) is 24.6. The molecular weight excluding hydrogens is 1310 g/mol. The molecule has 0 heterocycles. The monoisotopic (exact) mass is 1430 g/mol. The van der Waals surface area contributed by atoms with Gasteiger partial charge in [-0.15, -0.1) is 0 Å². The molecule has 0 aromatic carbocycles. The number of aliphatic hydroxyl groups is 3. The van der Waals surface area contributed by atoms with Crippen LogP contribution in [0.4, 0.5) is 0 Å². The fourth-order valence-corrected chi connectivity index (χ4v) is 27.7. The molecule has 12 rings (SSSR count). The van der Waals surface area contributed by atoms with Gasteiger partial charge in [0.2, 0.25) is 0 Å². The molecule has 0 aromatic heterocycles. The number of esters is 3. The van der Waals surface area contributed by atoms with E-state index < -0.39 is 24.0 Å². The van der Waals surface area contributed by atoms with Crippen molar-refractivity contribution in [1.82, 2.24) is 0 Å². The second-order valence-electron chi connectivity index (χ2n) is 36.7. The number of carboxylic acids is 3. The quantitative estimate of drug-likeness (QED) is 0.0353. The van der Waals surface area contributed by atoms with E-state index in [1.807, 2.05) is 0 Å². The van der Waals surface area contributed by atoms with Crippen molar-refractivity contribution in [2.75, 3.05) is 0 Å². The first kappa shape index (κ1) is 79.7. The highest BCUT2D eigenvalue weighted by Crippen LogP contribution is 2.73. The van der Waals surface area contributed by atoms with Gasteiger partial charge in [0.25, 0.3) is 19.4 Å². The van der Waals surface area contributed by atoms with Crippen LogP contribution < -0.4 is 0 Å². The largest absolute Gasteiger partial charge is 0.481 e. The normalized spacial score (nSPS) is 46.4. The summed E-state index contributed by atoms with van der Waals surface area (Å²) in [5.41, 5.74) is -0.817. The van der Waals surface area contributed by atoms with E-state index in [-0.39, 0.29) is 201 Å². The van der Waals surface area contributed by atoms with E-state index in [0.717, 1.165) is 122 Å². The molecular formula is C81H126O21. The number of carboxylic acid groups (broad SMARTS) is 3. The molecule has 0 radical (unpaired) electrons. The van der Waals surface area contributed by atoms with Crippen LogP contribution in [0.25, 0.3) is 0 Å². The van der Waals surface area contributed by atoms with Gasteiger partial charge in [-0.1, -0.05) is 62.3 Å². The van der Waals surface area contributed by atoms with Crippen LogP contribution in [0.2, 0.25) is 0 Å². The van der Waals surface area contributed by atoms with E-state index in [2.05, 4.69) is 62.3 Å². The SMILES string of the molecule is CC(=O)O[C@@H]1CC[C@@]2(C)[C@@H](C1)C[C@@H](OC(C)=O)[C@@H]1[C@@H]2C[C@H](OC(C)=O)[C@]2(C)C([C@H](C)CCC(=O)O)CC[C@@H]12.C[C@H](CCC(=O)O)C1CC[C@H]2[C@@H]3[C@H](O)C[C@@H]4C[C@H](O)CC[C@]4(C)[C@H]3C[C@H](O)[C@]12C.C[C@H](CCC(=O)O)C1CC[C@H]2[C@@H]3[C@H](OC=O)C[C@@H]4C[C@H](OC=O)CC[C@]4(C)[C@H]3C[C@H](OC=O)[C@]12C.